The number of amides is 2. The number of hydrogen-bond acceptors (Lipinski definition) is 3. The molecule has 2 unspecified atom stereocenters. The van der Waals surface area contributed by atoms with E-state index in [9.17, 15) is 9.59 Å². The number of carbonyl (C=O) groups is 2. The monoisotopic (exact) mass is 243 g/mol. The Kier molecular flexibility index (Phi) is 3.58. The highest BCUT2D eigenvalue weighted by Crippen LogP contribution is 2.35. The van der Waals surface area contributed by atoms with Crippen LogP contribution in [-0.4, -0.2) is 18.4 Å². The van der Waals surface area contributed by atoms with E-state index in [1.807, 2.05) is 30.3 Å². The fourth-order valence-electron chi connectivity index (χ4n) is 2.16. The van der Waals surface area contributed by atoms with Crippen LogP contribution in [0, 0.1) is 11.3 Å². The summed E-state index contributed by atoms with van der Waals surface area (Å²) in [5, 5.41) is 14.1. The van der Waals surface area contributed by atoms with Crippen LogP contribution < -0.4 is 10.6 Å². The predicted octanol–water partition coefficient (Wildman–Crippen LogP) is 1.14. The number of benzene rings is 1. The second-order valence-electron chi connectivity index (χ2n) is 4.17. The summed E-state index contributed by atoms with van der Waals surface area (Å²) in [6, 6.07) is 8.98. The highest BCUT2D eigenvalue weighted by molar-refractivity contribution is 6.02. The van der Waals surface area contributed by atoms with Crippen molar-refractivity contribution < 1.29 is 9.59 Å². The molecular formula is C13H13N3O2. The fourth-order valence-corrected chi connectivity index (χ4v) is 2.16. The Morgan fingerprint density at radius 3 is 3.00 bits per heavy atom. The third-order valence-electron chi connectivity index (χ3n) is 3.08. The third kappa shape index (κ3) is 2.33. The minimum absolute atomic E-state index is 0.0426. The normalized spacial score (nSPS) is 18.4. The molecule has 1 aromatic carbocycles. The van der Waals surface area contributed by atoms with E-state index in [4.69, 9.17) is 5.26 Å². The Balaban J connectivity index is 2.04. The molecule has 0 aliphatic carbocycles. The van der Waals surface area contributed by atoms with Gasteiger partial charge in [0.05, 0.1) is 12.0 Å². The SMILES string of the molecule is N#CC(CCC1C(=O)Nc2ccccc21)NC=O. The topological polar surface area (TPSA) is 82.0 Å². The molecule has 0 aromatic heterocycles. The molecule has 0 radical (unpaired) electrons. The Labute approximate surface area is 105 Å². The second-order valence-corrected chi connectivity index (χ2v) is 4.17. The van der Waals surface area contributed by atoms with Gasteiger partial charge < -0.3 is 10.6 Å². The molecule has 1 aromatic rings. The molecule has 0 fully saturated rings. The molecule has 2 amide bonds. The van der Waals surface area contributed by atoms with Crippen LogP contribution in [0.3, 0.4) is 0 Å². The lowest BCUT2D eigenvalue weighted by Gasteiger charge is -2.11. The minimum atomic E-state index is -0.539. The van der Waals surface area contributed by atoms with E-state index in [1.165, 1.54) is 0 Å². The van der Waals surface area contributed by atoms with Gasteiger partial charge in [0.15, 0.2) is 0 Å². The van der Waals surface area contributed by atoms with Crippen LogP contribution in [0.1, 0.15) is 24.3 Å². The highest BCUT2D eigenvalue weighted by Gasteiger charge is 2.30. The van der Waals surface area contributed by atoms with Crippen LogP contribution in [0.2, 0.25) is 0 Å². The van der Waals surface area contributed by atoms with Gasteiger partial charge in [-0.05, 0) is 24.5 Å². The zero-order chi connectivity index (χ0) is 13.0. The van der Waals surface area contributed by atoms with E-state index in [2.05, 4.69) is 10.6 Å². The van der Waals surface area contributed by atoms with Gasteiger partial charge in [-0.25, -0.2) is 0 Å². The zero-order valence-electron chi connectivity index (χ0n) is 9.72. The lowest BCUT2D eigenvalue weighted by atomic mass is 9.94. The number of carbonyl (C=O) groups excluding carboxylic acids is 2. The van der Waals surface area contributed by atoms with Crippen LogP contribution in [0.5, 0.6) is 0 Å². The Hall–Kier alpha value is -2.35. The molecule has 1 heterocycles. The van der Waals surface area contributed by atoms with Crippen molar-refractivity contribution in [1.29, 1.82) is 5.26 Å². The molecule has 2 rings (SSSR count). The molecule has 0 bridgehead atoms. The maximum Gasteiger partial charge on any atom is 0.232 e. The van der Waals surface area contributed by atoms with E-state index < -0.39 is 6.04 Å². The van der Waals surface area contributed by atoms with Crippen molar-refractivity contribution in [2.75, 3.05) is 5.32 Å². The lowest BCUT2D eigenvalue weighted by Crippen LogP contribution is -2.27. The molecule has 0 saturated heterocycles. The van der Waals surface area contributed by atoms with Crippen LogP contribution in [0.4, 0.5) is 5.69 Å². The van der Waals surface area contributed by atoms with Gasteiger partial charge in [0.2, 0.25) is 12.3 Å². The maximum atomic E-state index is 11.8. The van der Waals surface area contributed by atoms with Crippen molar-refractivity contribution in [2.45, 2.75) is 24.8 Å². The second kappa shape index (κ2) is 5.32. The smallest absolute Gasteiger partial charge is 0.232 e. The molecule has 92 valence electrons. The van der Waals surface area contributed by atoms with Gasteiger partial charge in [0.1, 0.15) is 6.04 Å². The molecular weight excluding hydrogens is 230 g/mol. The van der Waals surface area contributed by atoms with Gasteiger partial charge >= 0.3 is 0 Å². The number of nitrogens with one attached hydrogen (secondary N) is 2. The minimum Gasteiger partial charge on any atom is -0.343 e. The van der Waals surface area contributed by atoms with Crippen LogP contribution in [0.25, 0.3) is 0 Å². The fraction of sp³-hybridized carbons (Fsp3) is 0.308. The number of nitrogens with zero attached hydrogens (tertiary/aromatic N) is 1. The van der Waals surface area contributed by atoms with Gasteiger partial charge in [-0.15, -0.1) is 0 Å². The Morgan fingerprint density at radius 2 is 2.28 bits per heavy atom. The van der Waals surface area contributed by atoms with Crippen molar-refractivity contribution in [3.8, 4) is 6.07 Å². The van der Waals surface area contributed by atoms with Crippen LogP contribution in [0.15, 0.2) is 24.3 Å². The molecule has 5 heteroatoms. The third-order valence-corrected chi connectivity index (χ3v) is 3.08. The summed E-state index contributed by atoms with van der Waals surface area (Å²) >= 11 is 0. The summed E-state index contributed by atoms with van der Waals surface area (Å²) in [5.41, 5.74) is 1.80. The first-order valence-electron chi connectivity index (χ1n) is 5.75. The quantitative estimate of drug-likeness (QED) is 0.761. The molecule has 1 aliphatic rings. The number of hydrogen-bond donors (Lipinski definition) is 2. The lowest BCUT2D eigenvalue weighted by molar-refractivity contribution is -0.117. The Morgan fingerprint density at radius 1 is 1.50 bits per heavy atom. The van der Waals surface area contributed by atoms with Gasteiger partial charge in [-0.3, -0.25) is 9.59 Å². The highest BCUT2D eigenvalue weighted by atomic mass is 16.2. The number of nitriles is 1. The van der Waals surface area contributed by atoms with Crippen molar-refractivity contribution in [3.63, 3.8) is 0 Å². The summed E-state index contributed by atoms with van der Waals surface area (Å²) < 4.78 is 0. The van der Waals surface area contributed by atoms with E-state index in [0.717, 1.165) is 11.3 Å². The molecule has 2 N–H and O–H groups in total. The van der Waals surface area contributed by atoms with E-state index in [-0.39, 0.29) is 11.8 Å². The summed E-state index contributed by atoms with van der Waals surface area (Å²) in [4.78, 5) is 22.1. The van der Waals surface area contributed by atoms with Crippen molar-refractivity contribution in [1.82, 2.24) is 5.32 Å². The zero-order valence-corrected chi connectivity index (χ0v) is 9.72. The van der Waals surface area contributed by atoms with E-state index in [1.54, 1.807) is 0 Å². The van der Waals surface area contributed by atoms with Crippen molar-refractivity contribution >= 4 is 18.0 Å². The Bertz CT molecular complexity index is 507. The molecule has 0 spiro atoms. The molecule has 1 aliphatic heterocycles. The van der Waals surface area contributed by atoms with Crippen molar-refractivity contribution in [2.24, 2.45) is 0 Å². The standard InChI is InChI=1S/C13H13N3O2/c14-7-9(15-8-17)5-6-11-10-3-1-2-4-12(10)16-13(11)18/h1-4,8-9,11H,5-6H2,(H,15,17)(H,16,18). The van der Waals surface area contributed by atoms with Crippen LogP contribution in [-0.2, 0) is 9.59 Å². The van der Waals surface area contributed by atoms with Gasteiger partial charge in [-0.2, -0.15) is 5.26 Å². The first-order chi connectivity index (χ1) is 8.76. The first kappa shape index (κ1) is 12.1. The van der Waals surface area contributed by atoms with Crippen molar-refractivity contribution in [3.05, 3.63) is 29.8 Å². The van der Waals surface area contributed by atoms with Crippen LogP contribution >= 0.6 is 0 Å². The number of para-hydroxylation sites is 1. The predicted molar refractivity (Wildman–Crippen MR) is 65.6 cm³/mol. The average molecular weight is 243 g/mol. The van der Waals surface area contributed by atoms with E-state index in [0.29, 0.717) is 19.3 Å². The summed E-state index contributed by atoms with van der Waals surface area (Å²) in [6.45, 7) is 0. The number of anilines is 1. The molecule has 0 saturated carbocycles. The molecule has 2 atom stereocenters. The van der Waals surface area contributed by atoms with Gasteiger partial charge in [0, 0.05) is 5.69 Å². The number of rotatable bonds is 5. The molecule has 5 nitrogen and oxygen atoms in total. The number of fused-ring (bicyclic) bond motifs is 1. The van der Waals surface area contributed by atoms with Gasteiger partial charge in [0.25, 0.3) is 0 Å². The van der Waals surface area contributed by atoms with E-state index >= 15 is 0 Å². The first-order valence-corrected chi connectivity index (χ1v) is 5.75. The van der Waals surface area contributed by atoms with Gasteiger partial charge in [-0.1, -0.05) is 18.2 Å². The average Bonchev–Trinajstić information content (AvgIpc) is 2.70. The summed E-state index contributed by atoms with van der Waals surface area (Å²) in [7, 11) is 0. The summed E-state index contributed by atoms with van der Waals surface area (Å²) in [6.07, 6.45) is 1.51. The maximum absolute atomic E-state index is 11.8. The largest absolute Gasteiger partial charge is 0.343 e. The molecule has 18 heavy (non-hydrogen) atoms. The summed E-state index contributed by atoms with van der Waals surface area (Å²) in [5.74, 6) is -0.274.